The van der Waals surface area contributed by atoms with Crippen LogP contribution >= 0.6 is 36.4 Å². The Morgan fingerprint density at radius 1 is 1.04 bits per heavy atom. The lowest BCUT2D eigenvalue weighted by molar-refractivity contribution is 0.0519. The van der Waals surface area contributed by atoms with Crippen molar-refractivity contribution in [1.29, 1.82) is 0 Å². The molecule has 0 bridgehead atoms. The number of benzene rings is 3. The number of hydrogen-bond donors (Lipinski definition) is 1. The number of oxazole rings is 1. The van der Waals surface area contributed by atoms with Crippen molar-refractivity contribution < 1.29 is 23.1 Å². The van der Waals surface area contributed by atoms with Crippen LogP contribution in [0.25, 0.3) is 22.6 Å². The lowest BCUT2D eigenvalue weighted by Gasteiger charge is -2.26. The molecule has 6 rings (SSSR count). The van der Waals surface area contributed by atoms with Crippen LogP contribution in [0.3, 0.4) is 0 Å². The Balaban J connectivity index is 0.00000230. The van der Waals surface area contributed by atoms with Gasteiger partial charge in [-0.15, -0.1) is 24.8 Å². The molecule has 0 spiro atoms. The molecule has 1 atom stereocenters. The van der Waals surface area contributed by atoms with Crippen LogP contribution in [-0.2, 0) is 24.2 Å². The maximum absolute atomic E-state index is 14.2. The van der Waals surface area contributed by atoms with Crippen molar-refractivity contribution in [2.24, 2.45) is 0 Å². The molecular formula is C34H33Cl3FN3O4. The number of nitrogens with one attached hydrogen (secondary N) is 1. The minimum absolute atomic E-state index is 0. The molecule has 1 unspecified atom stereocenters. The van der Waals surface area contributed by atoms with Crippen LogP contribution in [0.15, 0.2) is 77.2 Å². The molecule has 0 saturated heterocycles. The number of ether oxygens (including phenoxy) is 2. The molecule has 0 radical (unpaired) electrons. The number of hydrogen-bond acceptors (Lipinski definition) is 7. The van der Waals surface area contributed by atoms with Gasteiger partial charge in [0.05, 0.1) is 6.61 Å². The molecule has 0 aliphatic heterocycles. The zero-order valence-electron chi connectivity index (χ0n) is 24.6. The first-order valence-corrected chi connectivity index (χ1v) is 14.8. The van der Waals surface area contributed by atoms with Crippen molar-refractivity contribution in [3.8, 4) is 17.2 Å². The summed E-state index contributed by atoms with van der Waals surface area (Å²) in [6.45, 7) is 3.06. The molecule has 3 aromatic carbocycles. The Kier molecular flexibility index (Phi) is 11.8. The highest BCUT2D eigenvalue weighted by Crippen LogP contribution is 2.30. The third-order valence-corrected chi connectivity index (χ3v) is 7.76. The highest BCUT2D eigenvalue weighted by Gasteiger charge is 2.23. The summed E-state index contributed by atoms with van der Waals surface area (Å²) in [6, 6.07) is 21.6. The van der Waals surface area contributed by atoms with Crippen LogP contribution in [0.5, 0.6) is 5.75 Å². The van der Waals surface area contributed by atoms with Gasteiger partial charge in [-0.05, 0) is 110 Å². The van der Waals surface area contributed by atoms with E-state index in [1.807, 2.05) is 30.3 Å². The smallest absolute Gasteiger partial charge is 0.356 e. The van der Waals surface area contributed by atoms with E-state index in [1.54, 1.807) is 37.3 Å². The average molecular weight is 673 g/mol. The van der Waals surface area contributed by atoms with Gasteiger partial charge in [-0.1, -0.05) is 29.8 Å². The predicted octanol–water partition coefficient (Wildman–Crippen LogP) is 8.49. The zero-order valence-corrected chi connectivity index (χ0v) is 26.9. The molecule has 2 aromatic heterocycles. The molecule has 45 heavy (non-hydrogen) atoms. The van der Waals surface area contributed by atoms with Gasteiger partial charge in [0, 0.05) is 22.3 Å². The van der Waals surface area contributed by atoms with E-state index < -0.39 is 5.97 Å². The second-order valence-corrected chi connectivity index (χ2v) is 10.9. The number of carbonyl (C=O) groups excluding carboxylic acids is 1. The molecular weight excluding hydrogens is 640 g/mol. The summed E-state index contributed by atoms with van der Waals surface area (Å²) in [5, 5.41) is 4.21. The fraction of sp³-hybridized carbons (Fsp3) is 0.265. The Morgan fingerprint density at radius 3 is 2.67 bits per heavy atom. The van der Waals surface area contributed by atoms with Gasteiger partial charge in [0.2, 0.25) is 5.89 Å². The maximum atomic E-state index is 14.2. The number of carbonyl (C=O) groups is 1. The molecule has 0 fully saturated rings. The monoisotopic (exact) mass is 671 g/mol. The van der Waals surface area contributed by atoms with E-state index in [9.17, 15) is 9.18 Å². The van der Waals surface area contributed by atoms with Crippen LogP contribution in [-0.4, -0.2) is 29.1 Å². The van der Waals surface area contributed by atoms with E-state index >= 15 is 0 Å². The molecule has 5 aromatic rings. The lowest BCUT2D eigenvalue weighted by atomic mass is 9.91. The SMILES string of the molecule is CCOC(=O)c1ccc2c(n1)CCCC2NCCc1cc(F)ccc1OCc1ccc(-c2nc3cc(Cl)ccc3o2)cc1.Cl.Cl. The van der Waals surface area contributed by atoms with Crippen LogP contribution in [0, 0.1) is 5.82 Å². The average Bonchev–Trinajstić information content (AvgIpc) is 3.44. The van der Waals surface area contributed by atoms with Crippen molar-refractivity contribution in [2.75, 3.05) is 13.2 Å². The van der Waals surface area contributed by atoms with Gasteiger partial charge < -0.3 is 19.2 Å². The fourth-order valence-corrected chi connectivity index (χ4v) is 5.55. The molecule has 7 nitrogen and oxygen atoms in total. The van der Waals surface area contributed by atoms with Gasteiger partial charge in [-0.2, -0.15) is 0 Å². The number of halogens is 4. The molecule has 11 heteroatoms. The quantitative estimate of drug-likeness (QED) is 0.149. The summed E-state index contributed by atoms with van der Waals surface area (Å²) in [6.07, 6.45) is 3.35. The lowest BCUT2D eigenvalue weighted by Crippen LogP contribution is -2.28. The van der Waals surface area contributed by atoms with E-state index in [2.05, 4.69) is 15.3 Å². The Labute approximate surface area is 278 Å². The highest BCUT2D eigenvalue weighted by molar-refractivity contribution is 6.31. The van der Waals surface area contributed by atoms with Crippen LogP contribution in [0.1, 0.15) is 58.7 Å². The van der Waals surface area contributed by atoms with E-state index in [0.29, 0.717) is 59.6 Å². The summed E-state index contributed by atoms with van der Waals surface area (Å²) < 4.78 is 31.3. The number of esters is 1. The van der Waals surface area contributed by atoms with Crippen molar-refractivity contribution in [1.82, 2.24) is 15.3 Å². The third-order valence-electron chi connectivity index (χ3n) is 7.53. The van der Waals surface area contributed by atoms with E-state index in [1.165, 1.54) is 12.1 Å². The van der Waals surface area contributed by atoms with Crippen molar-refractivity contribution >= 4 is 53.5 Å². The third kappa shape index (κ3) is 8.13. The molecule has 0 amide bonds. The first-order valence-electron chi connectivity index (χ1n) is 14.4. The maximum Gasteiger partial charge on any atom is 0.356 e. The topological polar surface area (TPSA) is 86.5 Å². The fourth-order valence-electron chi connectivity index (χ4n) is 5.38. The van der Waals surface area contributed by atoms with Crippen LogP contribution in [0.2, 0.25) is 5.02 Å². The second kappa shape index (κ2) is 15.5. The normalized spacial score (nSPS) is 13.8. The largest absolute Gasteiger partial charge is 0.489 e. The highest BCUT2D eigenvalue weighted by atomic mass is 35.5. The van der Waals surface area contributed by atoms with Crippen molar-refractivity contribution in [2.45, 2.75) is 45.3 Å². The number of rotatable bonds is 10. The molecule has 2 heterocycles. The number of nitrogens with zero attached hydrogens (tertiary/aromatic N) is 2. The minimum Gasteiger partial charge on any atom is -0.489 e. The molecule has 1 N–H and O–H groups in total. The van der Waals surface area contributed by atoms with Crippen LogP contribution < -0.4 is 10.1 Å². The summed E-state index contributed by atoms with van der Waals surface area (Å²) in [4.78, 5) is 21.2. The van der Waals surface area contributed by atoms with E-state index in [-0.39, 0.29) is 36.7 Å². The van der Waals surface area contributed by atoms with E-state index in [0.717, 1.165) is 47.2 Å². The minimum atomic E-state index is -0.399. The first kappa shape index (κ1) is 34.2. The number of aromatic nitrogens is 2. The van der Waals surface area contributed by atoms with Crippen molar-refractivity contribution in [3.63, 3.8) is 0 Å². The Hall–Kier alpha value is -3.69. The van der Waals surface area contributed by atoms with Gasteiger partial charge in [0.1, 0.15) is 29.4 Å². The second-order valence-electron chi connectivity index (χ2n) is 10.5. The van der Waals surface area contributed by atoms with Gasteiger partial charge in [-0.25, -0.2) is 19.2 Å². The Morgan fingerprint density at radius 2 is 1.87 bits per heavy atom. The summed E-state index contributed by atoms with van der Waals surface area (Å²) in [7, 11) is 0. The van der Waals surface area contributed by atoms with Gasteiger partial charge >= 0.3 is 5.97 Å². The van der Waals surface area contributed by atoms with Crippen LogP contribution in [0.4, 0.5) is 4.39 Å². The summed E-state index contributed by atoms with van der Waals surface area (Å²) >= 11 is 6.07. The summed E-state index contributed by atoms with van der Waals surface area (Å²) in [5.41, 5.74) is 6.36. The molecule has 0 saturated carbocycles. The molecule has 1 aliphatic carbocycles. The first-order chi connectivity index (χ1) is 21.0. The zero-order chi connectivity index (χ0) is 29.8. The Bertz CT molecular complexity index is 1760. The van der Waals surface area contributed by atoms with Gasteiger partial charge in [0.25, 0.3) is 0 Å². The number of fused-ring (bicyclic) bond motifs is 2. The van der Waals surface area contributed by atoms with Gasteiger partial charge in [-0.3, -0.25) is 0 Å². The van der Waals surface area contributed by atoms with Gasteiger partial charge in [0.15, 0.2) is 5.58 Å². The standard InChI is InChI=1S/C34H31ClFN3O4.2ClH/c1-2-41-34(40)29-13-12-26-27(4-3-5-28(26)38-29)37-17-16-23-18-25(36)11-15-31(23)42-20-21-6-8-22(9-7-21)33-39-30-19-24(35)10-14-32(30)43-33;;/h6-15,18-19,27,37H,2-5,16-17,20H2,1H3;2*1H. The molecule has 236 valence electrons. The van der Waals surface area contributed by atoms with E-state index in [4.69, 9.17) is 25.5 Å². The number of pyridine rings is 1. The predicted molar refractivity (Wildman–Crippen MR) is 177 cm³/mol. The molecule has 1 aliphatic rings. The number of aryl methyl sites for hydroxylation is 1. The summed E-state index contributed by atoms with van der Waals surface area (Å²) in [5.74, 6) is 0.468. The van der Waals surface area contributed by atoms with Crippen molar-refractivity contribution in [3.05, 3.63) is 112 Å².